The van der Waals surface area contributed by atoms with Crippen molar-refractivity contribution in [2.24, 2.45) is 5.10 Å². The molecule has 2 aromatic rings. The van der Waals surface area contributed by atoms with Gasteiger partial charge >= 0.3 is 0 Å². The van der Waals surface area contributed by atoms with Crippen molar-refractivity contribution < 1.29 is 0 Å². The van der Waals surface area contributed by atoms with E-state index in [1.54, 1.807) is 0 Å². The molecular weight excluding hydrogens is 208 g/mol. The second kappa shape index (κ2) is 4.42. The molecule has 3 rings (SSSR count). The summed E-state index contributed by atoms with van der Waals surface area (Å²) < 4.78 is 0. The van der Waals surface area contributed by atoms with Gasteiger partial charge in [-0.05, 0) is 23.8 Å². The van der Waals surface area contributed by atoms with E-state index >= 15 is 0 Å². The first-order valence-corrected chi connectivity index (χ1v) is 5.80. The third-order valence-corrected chi connectivity index (χ3v) is 2.91. The fourth-order valence-corrected chi connectivity index (χ4v) is 2.03. The molecule has 0 saturated heterocycles. The smallest absolute Gasteiger partial charge is 0.0700 e. The Labute approximate surface area is 101 Å². The molecule has 2 nitrogen and oxygen atoms in total. The molecule has 2 aromatic carbocycles. The minimum Gasteiger partial charge on any atom is -0.265 e. The normalized spacial score (nSPS) is 14.8. The molecule has 1 radical (unpaired) electrons. The average Bonchev–Trinajstić information content (AvgIpc) is 2.90. The topological polar surface area (TPSA) is 15.6 Å². The van der Waals surface area contributed by atoms with Gasteiger partial charge in [0.2, 0.25) is 0 Å². The summed E-state index contributed by atoms with van der Waals surface area (Å²) in [6.07, 6.45) is 1.00. The van der Waals surface area contributed by atoms with Crippen LogP contribution in [0.5, 0.6) is 0 Å². The fraction of sp³-hybridized carbons (Fsp3) is 0.133. The first kappa shape index (κ1) is 10.1. The Morgan fingerprint density at radius 2 is 1.76 bits per heavy atom. The van der Waals surface area contributed by atoms with Gasteiger partial charge in [0, 0.05) is 13.0 Å². The van der Waals surface area contributed by atoms with E-state index in [4.69, 9.17) is 0 Å². The molecule has 1 aliphatic heterocycles. The van der Waals surface area contributed by atoms with Crippen LogP contribution in [0, 0.1) is 6.07 Å². The molecule has 1 heterocycles. The van der Waals surface area contributed by atoms with Gasteiger partial charge in [0.25, 0.3) is 0 Å². The Morgan fingerprint density at radius 3 is 2.53 bits per heavy atom. The minimum absolute atomic E-state index is 0.953. The molecule has 0 atom stereocenters. The van der Waals surface area contributed by atoms with Crippen molar-refractivity contribution in [3.8, 4) is 0 Å². The van der Waals surface area contributed by atoms with Crippen LogP contribution in [0.15, 0.2) is 59.7 Å². The van der Waals surface area contributed by atoms with Crippen molar-refractivity contribution in [3.05, 3.63) is 66.2 Å². The zero-order chi connectivity index (χ0) is 11.5. The predicted molar refractivity (Wildman–Crippen MR) is 70.2 cm³/mol. The zero-order valence-corrected chi connectivity index (χ0v) is 9.50. The molecule has 0 fully saturated rings. The van der Waals surface area contributed by atoms with Gasteiger partial charge < -0.3 is 0 Å². The molecule has 0 unspecified atom stereocenters. The highest BCUT2D eigenvalue weighted by Gasteiger charge is 2.16. The maximum Gasteiger partial charge on any atom is 0.0700 e. The lowest BCUT2D eigenvalue weighted by atomic mass is 10.1. The summed E-state index contributed by atoms with van der Waals surface area (Å²) in [6, 6.07) is 21.3. The molecule has 83 valence electrons. The number of hydrogen-bond donors (Lipinski definition) is 0. The van der Waals surface area contributed by atoms with Gasteiger partial charge in [-0.2, -0.15) is 5.10 Å². The van der Waals surface area contributed by atoms with Gasteiger partial charge in [-0.1, -0.05) is 42.5 Å². The summed E-state index contributed by atoms with van der Waals surface area (Å²) in [5.74, 6) is 0. The van der Waals surface area contributed by atoms with E-state index in [9.17, 15) is 0 Å². The van der Waals surface area contributed by atoms with E-state index < -0.39 is 0 Å². The summed E-state index contributed by atoms with van der Waals surface area (Å²) in [4.78, 5) is 0. The van der Waals surface area contributed by atoms with Crippen LogP contribution in [0.25, 0.3) is 0 Å². The Balaban J connectivity index is 1.87. The molecule has 0 saturated carbocycles. The van der Waals surface area contributed by atoms with E-state index in [0.29, 0.717) is 0 Å². The second-order valence-electron chi connectivity index (χ2n) is 4.04. The molecule has 2 heteroatoms. The van der Waals surface area contributed by atoms with Crippen molar-refractivity contribution >= 4 is 11.4 Å². The van der Waals surface area contributed by atoms with Crippen molar-refractivity contribution in [1.82, 2.24) is 0 Å². The van der Waals surface area contributed by atoms with Crippen molar-refractivity contribution in [2.75, 3.05) is 11.6 Å². The van der Waals surface area contributed by atoms with Crippen LogP contribution in [0.2, 0.25) is 0 Å². The number of nitrogens with zero attached hydrogens (tertiary/aromatic N) is 2. The second-order valence-corrected chi connectivity index (χ2v) is 4.04. The highest BCUT2D eigenvalue weighted by molar-refractivity contribution is 6.02. The van der Waals surface area contributed by atoms with Gasteiger partial charge in [-0.3, -0.25) is 5.01 Å². The molecule has 17 heavy (non-hydrogen) atoms. The van der Waals surface area contributed by atoms with Crippen LogP contribution in [0.1, 0.15) is 12.0 Å². The summed E-state index contributed by atoms with van der Waals surface area (Å²) in [5, 5.41) is 6.72. The molecule has 0 aliphatic carbocycles. The van der Waals surface area contributed by atoms with Crippen LogP contribution in [-0.2, 0) is 0 Å². The zero-order valence-electron chi connectivity index (χ0n) is 9.50. The molecular formula is C15H13N2. The molecule has 0 aromatic heterocycles. The van der Waals surface area contributed by atoms with E-state index in [1.807, 2.05) is 30.3 Å². The third kappa shape index (κ3) is 2.07. The monoisotopic (exact) mass is 221 g/mol. The maximum absolute atomic E-state index is 4.66. The Morgan fingerprint density at radius 1 is 1.00 bits per heavy atom. The highest BCUT2D eigenvalue weighted by atomic mass is 15.5. The van der Waals surface area contributed by atoms with Crippen molar-refractivity contribution in [2.45, 2.75) is 6.42 Å². The Hall–Kier alpha value is -2.09. The van der Waals surface area contributed by atoms with E-state index in [-0.39, 0.29) is 0 Å². The summed E-state index contributed by atoms with van der Waals surface area (Å²) in [5.41, 5.74) is 3.52. The van der Waals surface area contributed by atoms with E-state index in [2.05, 4.69) is 40.4 Å². The highest BCUT2D eigenvalue weighted by Crippen LogP contribution is 2.20. The Bertz CT molecular complexity index is 517. The van der Waals surface area contributed by atoms with Crippen LogP contribution in [-0.4, -0.2) is 12.3 Å². The van der Waals surface area contributed by atoms with Crippen LogP contribution in [0.4, 0.5) is 5.69 Å². The molecule has 0 bridgehead atoms. The maximum atomic E-state index is 4.66. The third-order valence-electron chi connectivity index (χ3n) is 2.91. The number of hydrazone groups is 1. The summed E-state index contributed by atoms with van der Waals surface area (Å²) in [7, 11) is 0. The van der Waals surface area contributed by atoms with Crippen LogP contribution in [0.3, 0.4) is 0 Å². The summed E-state index contributed by atoms with van der Waals surface area (Å²) >= 11 is 0. The number of hydrogen-bond acceptors (Lipinski definition) is 2. The number of benzene rings is 2. The van der Waals surface area contributed by atoms with Crippen LogP contribution < -0.4 is 5.01 Å². The van der Waals surface area contributed by atoms with Crippen molar-refractivity contribution in [3.63, 3.8) is 0 Å². The SMILES string of the molecule is [c]1ccc(N2CCC(c3ccccc3)=N2)cc1. The van der Waals surface area contributed by atoms with Gasteiger partial charge in [0.05, 0.1) is 11.4 Å². The first-order chi connectivity index (χ1) is 8.43. The van der Waals surface area contributed by atoms with Gasteiger partial charge in [0.1, 0.15) is 0 Å². The standard InChI is InChI=1S/C15H13N2/c1-3-7-13(8-4-1)15-11-12-17(16-15)14-9-5-2-6-10-14/h1,3-10H,11-12H2. The molecule has 0 amide bonds. The first-order valence-electron chi connectivity index (χ1n) is 5.80. The van der Waals surface area contributed by atoms with Gasteiger partial charge in [0.15, 0.2) is 0 Å². The van der Waals surface area contributed by atoms with Gasteiger partial charge in [-0.25, -0.2) is 0 Å². The molecule has 0 N–H and O–H groups in total. The van der Waals surface area contributed by atoms with E-state index in [1.165, 1.54) is 11.3 Å². The molecule has 1 aliphatic rings. The van der Waals surface area contributed by atoms with Gasteiger partial charge in [-0.15, -0.1) is 0 Å². The quantitative estimate of drug-likeness (QED) is 0.760. The van der Waals surface area contributed by atoms with Crippen molar-refractivity contribution in [1.29, 1.82) is 0 Å². The average molecular weight is 221 g/mol. The lowest BCUT2D eigenvalue weighted by Gasteiger charge is -2.12. The number of anilines is 1. The largest absolute Gasteiger partial charge is 0.265 e. The lowest BCUT2D eigenvalue weighted by molar-refractivity contribution is 0.922. The predicted octanol–water partition coefficient (Wildman–Crippen LogP) is 3.10. The van der Waals surface area contributed by atoms with Crippen LogP contribution >= 0.6 is 0 Å². The van der Waals surface area contributed by atoms with E-state index in [0.717, 1.165) is 18.7 Å². The fourth-order valence-electron chi connectivity index (χ4n) is 2.03. The number of rotatable bonds is 2. The summed E-state index contributed by atoms with van der Waals surface area (Å²) in [6.45, 7) is 0.953. The Kier molecular flexibility index (Phi) is 2.62. The molecule has 0 spiro atoms. The lowest BCUT2D eigenvalue weighted by Crippen LogP contribution is -2.11. The minimum atomic E-state index is 0.953.